The SMILES string of the molecule is CNC1COCC1C(=O)NCc1c(C)nn(C)c1C. The molecule has 0 aromatic carbocycles. The molecule has 0 spiro atoms. The summed E-state index contributed by atoms with van der Waals surface area (Å²) >= 11 is 0. The molecule has 1 aliphatic rings. The first-order chi connectivity index (χ1) is 9.04. The number of nitrogens with one attached hydrogen (secondary N) is 2. The number of likely N-dealkylation sites (N-methyl/N-ethyl adjacent to an activating group) is 1. The average Bonchev–Trinajstić information content (AvgIpc) is 2.94. The average molecular weight is 266 g/mol. The third kappa shape index (κ3) is 2.79. The van der Waals surface area contributed by atoms with E-state index in [-0.39, 0.29) is 17.9 Å². The van der Waals surface area contributed by atoms with Crippen LogP contribution in [0.3, 0.4) is 0 Å². The number of nitrogens with zero attached hydrogens (tertiary/aromatic N) is 2. The summed E-state index contributed by atoms with van der Waals surface area (Å²) in [5, 5.41) is 10.5. The van der Waals surface area contributed by atoms with Crippen molar-refractivity contribution in [3.05, 3.63) is 17.0 Å². The number of aromatic nitrogens is 2. The third-order valence-corrected chi connectivity index (χ3v) is 3.89. The zero-order valence-corrected chi connectivity index (χ0v) is 12.0. The van der Waals surface area contributed by atoms with Crippen LogP contribution in [-0.4, -0.2) is 42.0 Å². The second-order valence-corrected chi connectivity index (χ2v) is 5.03. The molecule has 1 aromatic heterocycles. The van der Waals surface area contributed by atoms with Crippen molar-refractivity contribution >= 4 is 5.91 Å². The lowest BCUT2D eigenvalue weighted by Crippen LogP contribution is -2.42. The number of amides is 1. The third-order valence-electron chi connectivity index (χ3n) is 3.89. The van der Waals surface area contributed by atoms with E-state index in [0.29, 0.717) is 19.8 Å². The van der Waals surface area contributed by atoms with E-state index in [0.717, 1.165) is 17.0 Å². The van der Waals surface area contributed by atoms with Gasteiger partial charge in [0.05, 0.1) is 24.8 Å². The van der Waals surface area contributed by atoms with Gasteiger partial charge in [-0.05, 0) is 20.9 Å². The van der Waals surface area contributed by atoms with Crippen LogP contribution in [0.25, 0.3) is 0 Å². The van der Waals surface area contributed by atoms with Gasteiger partial charge in [-0.25, -0.2) is 0 Å². The van der Waals surface area contributed by atoms with Crippen molar-refractivity contribution < 1.29 is 9.53 Å². The summed E-state index contributed by atoms with van der Waals surface area (Å²) in [5.41, 5.74) is 3.15. The molecule has 6 nitrogen and oxygen atoms in total. The molecule has 19 heavy (non-hydrogen) atoms. The highest BCUT2D eigenvalue weighted by molar-refractivity contribution is 5.79. The first-order valence-corrected chi connectivity index (χ1v) is 6.56. The smallest absolute Gasteiger partial charge is 0.227 e. The Kier molecular flexibility index (Phi) is 4.21. The minimum absolute atomic E-state index is 0.0412. The highest BCUT2D eigenvalue weighted by Crippen LogP contribution is 2.15. The Bertz CT molecular complexity index is 469. The number of carbonyl (C=O) groups excluding carboxylic acids is 1. The Labute approximate surface area is 113 Å². The molecule has 2 rings (SSSR count). The predicted molar refractivity (Wildman–Crippen MR) is 71.7 cm³/mol. The molecule has 1 amide bonds. The van der Waals surface area contributed by atoms with E-state index in [4.69, 9.17) is 4.74 Å². The van der Waals surface area contributed by atoms with Gasteiger partial charge >= 0.3 is 0 Å². The molecule has 2 atom stereocenters. The molecular weight excluding hydrogens is 244 g/mol. The van der Waals surface area contributed by atoms with E-state index < -0.39 is 0 Å². The summed E-state index contributed by atoms with van der Waals surface area (Å²) in [5.74, 6) is -0.0678. The van der Waals surface area contributed by atoms with Crippen LogP contribution in [0.2, 0.25) is 0 Å². The molecule has 0 bridgehead atoms. The first-order valence-electron chi connectivity index (χ1n) is 6.56. The topological polar surface area (TPSA) is 68.2 Å². The Balaban J connectivity index is 1.97. The van der Waals surface area contributed by atoms with Gasteiger partial charge in [0.1, 0.15) is 0 Å². The zero-order valence-electron chi connectivity index (χ0n) is 12.0. The highest BCUT2D eigenvalue weighted by Gasteiger charge is 2.32. The van der Waals surface area contributed by atoms with Gasteiger partial charge in [-0.15, -0.1) is 0 Å². The minimum Gasteiger partial charge on any atom is -0.379 e. The largest absolute Gasteiger partial charge is 0.379 e. The lowest BCUT2D eigenvalue weighted by molar-refractivity contribution is -0.125. The summed E-state index contributed by atoms with van der Waals surface area (Å²) in [6.45, 7) is 5.58. The van der Waals surface area contributed by atoms with E-state index in [2.05, 4.69) is 15.7 Å². The fourth-order valence-corrected chi connectivity index (χ4v) is 2.48. The second-order valence-electron chi connectivity index (χ2n) is 5.03. The molecule has 0 aliphatic carbocycles. The van der Waals surface area contributed by atoms with Crippen molar-refractivity contribution in [3.8, 4) is 0 Å². The van der Waals surface area contributed by atoms with Gasteiger partial charge in [0.15, 0.2) is 0 Å². The summed E-state index contributed by atoms with van der Waals surface area (Å²) in [6.07, 6.45) is 0. The first kappa shape index (κ1) is 14.0. The van der Waals surface area contributed by atoms with Gasteiger partial charge in [0, 0.05) is 30.9 Å². The maximum Gasteiger partial charge on any atom is 0.227 e. The maximum absolute atomic E-state index is 12.2. The zero-order chi connectivity index (χ0) is 14.0. The summed E-state index contributed by atoms with van der Waals surface area (Å²) < 4.78 is 7.18. The van der Waals surface area contributed by atoms with Gasteiger partial charge < -0.3 is 15.4 Å². The fraction of sp³-hybridized carbons (Fsp3) is 0.692. The van der Waals surface area contributed by atoms with E-state index in [9.17, 15) is 4.79 Å². The standard InChI is InChI=1S/C13H22N4O2/c1-8-10(9(2)17(4)16-8)5-15-13(18)11-6-19-7-12(11)14-3/h11-12,14H,5-7H2,1-4H3,(H,15,18). The monoisotopic (exact) mass is 266 g/mol. The van der Waals surface area contributed by atoms with Crippen molar-refractivity contribution in [3.63, 3.8) is 0 Å². The van der Waals surface area contributed by atoms with Crippen molar-refractivity contribution in [2.45, 2.75) is 26.4 Å². The van der Waals surface area contributed by atoms with Crippen LogP contribution >= 0.6 is 0 Å². The lowest BCUT2D eigenvalue weighted by Gasteiger charge is -2.16. The molecule has 0 saturated carbocycles. The molecule has 0 radical (unpaired) electrons. The molecule has 1 fully saturated rings. The second kappa shape index (κ2) is 5.71. The van der Waals surface area contributed by atoms with Crippen molar-refractivity contribution in [1.82, 2.24) is 20.4 Å². The molecule has 2 N–H and O–H groups in total. The van der Waals surface area contributed by atoms with Gasteiger partial charge in [-0.3, -0.25) is 9.48 Å². The van der Waals surface area contributed by atoms with Crippen LogP contribution in [0, 0.1) is 19.8 Å². The van der Waals surface area contributed by atoms with Gasteiger partial charge in [-0.1, -0.05) is 0 Å². The molecular formula is C13H22N4O2. The van der Waals surface area contributed by atoms with Crippen LogP contribution in [0.1, 0.15) is 17.0 Å². The molecule has 1 aromatic rings. The van der Waals surface area contributed by atoms with Gasteiger partial charge in [0.2, 0.25) is 5.91 Å². The number of hydrogen-bond donors (Lipinski definition) is 2. The maximum atomic E-state index is 12.2. The predicted octanol–water partition coefficient (Wildman–Crippen LogP) is -0.112. The van der Waals surface area contributed by atoms with Crippen LogP contribution in [0.5, 0.6) is 0 Å². The summed E-state index contributed by atoms with van der Waals surface area (Å²) in [7, 11) is 3.77. The lowest BCUT2D eigenvalue weighted by atomic mass is 10.0. The normalized spacial score (nSPS) is 22.7. The number of aryl methyl sites for hydroxylation is 2. The number of ether oxygens (including phenoxy) is 1. The molecule has 6 heteroatoms. The molecule has 2 unspecified atom stereocenters. The van der Waals surface area contributed by atoms with Crippen LogP contribution in [-0.2, 0) is 23.1 Å². The van der Waals surface area contributed by atoms with Crippen molar-refractivity contribution in [2.24, 2.45) is 13.0 Å². The number of rotatable bonds is 4. The van der Waals surface area contributed by atoms with Crippen LogP contribution in [0.4, 0.5) is 0 Å². The molecule has 2 heterocycles. The highest BCUT2D eigenvalue weighted by atomic mass is 16.5. The van der Waals surface area contributed by atoms with Crippen molar-refractivity contribution in [1.29, 1.82) is 0 Å². The van der Waals surface area contributed by atoms with Crippen molar-refractivity contribution in [2.75, 3.05) is 20.3 Å². The van der Waals surface area contributed by atoms with Crippen LogP contribution in [0.15, 0.2) is 0 Å². The van der Waals surface area contributed by atoms with Crippen LogP contribution < -0.4 is 10.6 Å². The molecule has 106 valence electrons. The summed E-state index contributed by atoms with van der Waals surface area (Å²) in [6, 6.07) is 0.107. The number of hydrogen-bond acceptors (Lipinski definition) is 4. The minimum atomic E-state index is -0.109. The number of carbonyl (C=O) groups is 1. The Morgan fingerprint density at radius 2 is 2.21 bits per heavy atom. The fourth-order valence-electron chi connectivity index (χ4n) is 2.48. The van der Waals surface area contributed by atoms with Gasteiger partial charge in [0.25, 0.3) is 0 Å². The Hall–Kier alpha value is -1.40. The van der Waals surface area contributed by atoms with E-state index >= 15 is 0 Å². The Morgan fingerprint density at radius 3 is 2.79 bits per heavy atom. The quantitative estimate of drug-likeness (QED) is 0.798. The van der Waals surface area contributed by atoms with E-state index in [1.54, 1.807) is 0 Å². The van der Waals surface area contributed by atoms with E-state index in [1.165, 1.54) is 0 Å². The molecule has 1 aliphatic heterocycles. The molecule has 1 saturated heterocycles. The van der Waals surface area contributed by atoms with Gasteiger partial charge in [-0.2, -0.15) is 5.10 Å². The summed E-state index contributed by atoms with van der Waals surface area (Å²) in [4.78, 5) is 12.2. The van der Waals surface area contributed by atoms with E-state index in [1.807, 2.05) is 32.6 Å². The Morgan fingerprint density at radius 1 is 1.47 bits per heavy atom.